The molecule has 1 N–H and O–H groups in total. The summed E-state index contributed by atoms with van der Waals surface area (Å²) in [6, 6.07) is 2.13. The second-order valence-corrected chi connectivity index (χ2v) is 5.91. The monoisotopic (exact) mass is 276 g/mol. The maximum absolute atomic E-state index is 4.30. The Hall–Kier alpha value is -1.13. The standard InChI is InChI=1S/C16H28N4/c1-4-17-11-15-5-8-18-12-16(15)20(3)13-14-6-9-19(2)10-7-14/h5,8,12,14,17H,4,6-7,9-11,13H2,1-3H3. The van der Waals surface area contributed by atoms with Gasteiger partial charge in [-0.25, -0.2) is 0 Å². The summed E-state index contributed by atoms with van der Waals surface area (Å²) in [5.74, 6) is 0.809. The third kappa shape index (κ3) is 4.18. The van der Waals surface area contributed by atoms with Gasteiger partial charge in [0.15, 0.2) is 0 Å². The zero-order valence-electron chi connectivity index (χ0n) is 13.1. The number of nitrogens with one attached hydrogen (secondary N) is 1. The lowest BCUT2D eigenvalue weighted by Gasteiger charge is -2.33. The van der Waals surface area contributed by atoms with E-state index >= 15 is 0 Å². The molecular weight excluding hydrogens is 248 g/mol. The third-order valence-electron chi connectivity index (χ3n) is 4.23. The summed E-state index contributed by atoms with van der Waals surface area (Å²) < 4.78 is 0. The SMILES string of the molecule is CCNCc1ccncc1N(C)CC1CCN(C)CC1. The van der Waals surface area contributed by atoms with Crippen molar-refractivity contribution in [3.8, 4) is 0 Å². The molecule has 2 rings (SSSR count). The van der Waals surface area contributed by atoms with E-state index < -0.39 is 0 Å². The predicted octanol–water partition coefficient (Wildman–Crippen LogP) is 1.97. The highest BCUT2D eigenvalue weighted by molar-refractivity contribution is 5.51. The number of hydrogen-bond acceptors (Lipinski definition) is 4. The molecule has 1 aliphatic rings. The van der Waals surface area contributed by atoms with Crippen LogP contribution in [0, 0.1) is 5.92 Å². The Balaban J connectivity index is 1.96. The third-order valence-corrected chi connectivity index (χ3v) is 4.23. The summed E-state index contributed by atoms with van der Waals surface area (Å²) in [5, 5.41) is 3.41. The van der Waals surface area contributed by atoms with E-state index in [9.17, 15) is 0 Å². The van der Waals surface area contributed by atoms with Crippen molar-refractivity contribution >= 4 is 5.69 Å². The number of hydrogen-bond donors (Lipinski definition) is 1. The zero-order valence-corrected chi connectivity index (χ0v) is 13.1. The van der Waals surface area contributed by atoms with Crippen molar-refractivity contribution in [1.82, 2.24) is 15.2 Å². The Kier molecular flexibility index (Phi) is 5.80. The summed E-state index contributed by atoms with van der Waals surface area (Å²) in [6.45, 7) is 7.67. The van der Waals surface area contributed by atoms with Crippen LogP contribution in [-0.4, -0.2) is 50.2 Å². The van der Waals surface area contributed by atoms with Gasteiger partial charge in [-0.1, -0.05) is 6.92 Å². The fraction of sp³-hybridized carbons (Fsp3) is 0.688. The summed E-state index contributed by atoms with van der Waals surface area (Å²) >= 11 is 0. The van der Waals surface area contributed by atoms with E-state index in [-0.39, 0.29) is 0 Å². The average Bonchev–Trinajstić information content (AvgIpc) is 2.47. The Morgan fingerprint density at radius 1 is 1.40 bits per heavy atom. The van der Waals surface area contributed by atoms with Crippen molar-refractivity contribution < 1.29 is 0 Å². The van der Waals surface area contributed by atoms with Crippen LogP contribution < -0.4 is 10.2 Å². The smallest absolute Gasteiger partial charge is 0.0595 e. The molecule has 0 aromatic carbocycles. The van der Waals surface area contributed by atoms with Crippen molar-refractivity contribution in [2.45, 2.75) is 26.3 Å². The maximum atomic E-state index is 4.30. The van der Waals surface area contributed by atoms with Crippen molar-refractivity contribution in [3.63, 3.8) is 0 Å². The first-order valence-electron chi connectivity index (χ1n) is 7.74. The highest BCUT2D eigenvalue weighted by atomic mass is 15.1. The van der Waals surface area contributed by atoms with Crippen LogP contribution in [0.25, 0.3) is 0 Å². The molecule has 20 heavy (non-hydrogen) atoms. The lowest BCUT2D eigenvalue weighted by atomic mass is 9.96. The van der Waals surface area contributed by atoms with Gasteiger partial charge in [0.2, 0.25) is 0 Å². The molecule has 2 heterocycles. The van der Waals surface area contributed by atoms with Gasteiger partial charge in [0, 0.05) is 26.3 Å². The normalized spacial score (nSPS) is 17.4. The number of anilines is 1. The minimum absolute atomic E-state index is 0.809. The molecule has 112 valence electrons. The van der Waals surface area contributed by atoms with Crippen LogP contribution in [0.3, 0.4) is 0 Å². The Morgan fingerprint density at radius 3 is 2.85 bits per heavy atom. The molecule has 4 heteroatoms. The van der Waals surface area contributed by atoms with Gasteiger partial charge in [0.25, 0.3) is 0 Å². The molecule has 0 saturated carbocycles. The molecule has 1 aliphatic heterocycles. The minimum Gasteiger partial charge on any atom is -0.373 e. The van der Waals surface area contributed by atoms with Gasteiger partial charge in [-0.15, -0.1) is 0 Å². The summed E-state index contributed by atoms with van der Waals surface area (Å²) in [5.41, 5.74) is 2.62. The van der Waals surface area contributed by atoms with Crippen molar-refractivity contribution in [1.29, 1.82) is 0 Å². The van der Waals surface area contributed by atoms with E-state index in [1.165, 1.54) is 37.2 Å². The van der Waals surface area contributed by atoms with Gasteiger partial charge in [-0.3, -0.25) is 4.98 Å². The molecule has 0 atom stereocenters. The van der Waals surface area contributed by atoms with Gasteiger partial charge in [-0.2, -0.15) is 0 Å². The number of aromatic nitrogens is 1. The number of nitrogens with zero attached hydrogens (tertiary/aromatic N) is 3. The largest absolute Gasteiger partial charge is 0.373 e. The number of likely N-dealkylation sites (tertiary alicyclic amines) is 1. The first kappa shape index (κ1) is 15.3. The molecular formula is C16H28N4. The lowest BCUT2D eigenvalue weighted by Crippen LogP contribution is -2.36. The van der Waals surface area contributed by atoms with Crippen LogP contribution in [0.1, 0.15) is 25.3 Å². The summed E-state index contributed by atoms with van der Waals surface area (Å²) in [7, 11) is 4.42. The highest BCUT2D eigenvalue weighted by Crippen LogP contribution is 2.22. The Morgan fingerprint density at radius 2 is 2.15 bits per heavy atom. The van der Waals surface area contributed by atoms with Gasteiger partial charge in [0.1, 0.15) is 0 Å². The molecule has 1 saturated heterocycles. The van der Waals surface area contributed by atoms with Crippen LogP contribution in [0.2, 0.25) is 0 Å². The highest BCUT2D eigenvalue weighted by Gasteiger charge is 2.19. The first-order chi connectivity index (χ1) is 9.70. The molecule has 0 bridgehead atoms. The van der Waals surface area contributed by atoms with Gasteiger partial charge in [-0.05, 0) is 57.1 Å². The quantitative estimate of drug-likeness (QED) is 0.861. The fourth-order valence-corrected chi connectivity index (χ4v) is 2.90. The van der Waals surface area contributed by atoms with Crippen molar-refractivity contribution in [2.75, 3.05) is 45.2 Å². The molecule has 0 spiro atoms. The molecule has 1 aromatic heterocycles. The van der Waals surface area contributed by atoms with E-state index in [2.05, 4.69) is 47.2 Å². The van der Waals surface area contributed by atoms with E-state index in [0.29, 0.717) is 0 Å². The van der Waals surface area contributed by atoms with Crippen LogP contribution >= 0.6 is 0 Å². The van der Waals surface area contributed by atoms with E-state index in [1.54, 1.807) is 0 Å². The lowest BCUT2D eigenvalue weighted by molar-refractivity contribution is 0.222. The number of rotatable bonds is 6. The zero-order chi connectivity index (χ0) is 14.4. The van der Waals surface area contributed by atoms with Crippen LogP contribution in [0.15, 0.2) is 18.5 Å². The number of pyridine rings is 1. The Labute approximate surface area is 123 Å². The van der Waals surface area contributed by atoms with Crippen LogP contribution in [0.4, 0.5) is 5.69 Å². The second-order valence-electron chi connectivity index (χ2n) is 5.91. The van der Waals surface area contributed by atoms with Crippen LogP contribution in [-0.2, 0) is 6.54 Å². The van der Waals surface area contributed by atoms with E-state index in [0.717, 1.165) is 25.6 Å². The van der Waals surface area contributed by atoms with Crippen molar-refractivity contribution in [3.05, 3.63) is 24.0 Å². The molecule has 0 aliphatic carbocycles. The maximum Gasteiger partial charge on any atom is 0.0595 e. The molecule has 0 amide bonds. The first-order valence-corrected chi connectivity index (χ1v) is 7.74. The molecule has 1 aromatic rings. The minimum atomic E-state index is 0.809. The van der Waals surface area contributed by atoms with Gasteiger partial charge in [0.05, 0.1) is 11.9 Å². The van der Waals surface area contributed by atoms with E-state index in [4.69, 9.17) is 0 Å². The van der Waals surface area contributed by atoms with E-state index in [1.807, 2.05) is 12.4 Å². The second kappa shape index (κ2) is 7.60. The molecule has 4 nitrogen and oxygen atoms in total. The number of piperidine rings is 1. The topological polar surface area (TPSA) is 31.4 Å². The van der Waals surface area contributed by atoms with Gasteiger partial charge < -0.3 is 15.1 Å². The van der Waals surface area contributed by atoms with Gasteiger partial charge >= 0.3 is 0 Å². The molecule has 1 fully saturated rings. The fourth-order valence-electron chi connectivity index (χ4n) is 2.90. The molecule has 0 radical (unpaired) electrons. The van der Waals surface area contributed by atoms with Crippen molar-refractivity contribution in [2.24, 2.45) is 5.92 Å². The average molecular weight is 276 g/mol. The molecule has 0 unspecified atom stereocenters. The predicted molar refractivity (Wildman–Crippen MR) is 85.1 cm³/mol. The Bertz CT molecular complexity index is 399. The summed E-state index contributed by atoms with van der Waals surface area (Å²) in [4.78, 5) is 9.11. The van der Waals surface area contributed by atoms with Crippen LogP contribution in [0.5, 0.6) is 0 Å². The summed E-state index contributed by atoms with van der Waals surface area (Å²) in [6.07, 6.45) is 6.51.